The Labute approximate surface area is 466 Å². The second-order valence-electron chi connectivity index (χ2n) is 24.7. The molecular weight excluding hydrogens is 1010 g/mol. The molecule has 2 bridgehead atoms. The summed E-state index contributed by atoms with van der Waals surface area (Å²) < 4.78 is 19.4. The number of para-hydroxylation sites is 1. The number of methoxy groups -OCH3 is 1. The monoisotopic (exact) mass is 1090 g/mol. The lowest BCUT2D eigenvalue weighted by Crippen LogP contribution is -2.82. The van der Waals surface area contributed by atoms with E-state index in [9.17, 15) is 24.6 Å². The van der Waals surface area contributed by atoms with Gasteiger partial charge in [-0.3, -0.25) is 29.1 Å². The second kappa shape index (κ2) is 21.1. The van der Waals surface area contributed by atoms with Crippen molar-refractivity contribution in [2.24, 2.45) is 11.3 Å². The number of benzene rings is 3. The van der Waals surface area contributed by atoms with Crippen LogP contribution in [0, 0.1) is 18.3 Å². The normalized spacial score (nSPS) is 32.4. The zero-order chi connectivity index (χ0) is 55.7. The Balaban J connectivity index is 0.938. The van der Waals surface area contributed by atoms with Gasteiger partial charge >= 0.3 is 5.97 Å². The van der Waals surface area contributed by atoms with Gasteiger partial charge in [-0.2, -0.15) is 0 Å². The van der Waals surface area contributed by atoms with Gasteiger partial charge in [-0.15, -0.1) is 0 Å². The summed E-state index contributed by atoms with van der Waals surface area (Å²) in [6, 6.07) is 23.6. The van der Waals surface area contributed by atoms with Gasteiger partial charge in [0.1, 0.15) is 0 Å². The average molecular weight is 1100 g/mol. The van der Waals surface area contributed by atoms with Gasteiger partial charge in [0.25, 0.3) is 11.8 Å². The zero-order valence-electron chi connectivity index (χ0n) is 47.4. The van der Waals surface area contributed by atoms with E-state index in [1.54, 1.807) is 0 Å². The molecule has 3 unspecified atom stereocenters. The summed E-state index contributed by atoms with van der Waals surface area (Å²) in [7, 11) is 0.337. The molecule has 1 saturated carbocycles. The van der Waals surface area contributed by atoms with Crippen LogP contribution < -0.4 is 15.4 Å². The lowest BCUT2D eigenvalue weighted by atomic mass is 9.47. The largest absolute Gasteiger partial charge is 0.467 e. The lowest BCUT2D eigenvalue weighted by Gasteiger charge is -2.65. The van der Waals surface area contributed by atoms with E-state index < -0.39 is 53.9 Å². The van der Waals surface area contributed by atoms with Crippen LogP contribution in [-0.2, 0) is 50.3 Å². The third-order valence-corrected chi connectivity index (χ3v) is 23.8. The number of piperidine rings is 1. The van der Waals surface area contributed by atoms with Crippen LogP contribution in [0.5, 0.6) is 0 Å². The van der Waals surface area contributed by atoms with E-state index in [4.69, 9.17) is 13.9 Å². The minimum absolute atomic E-state index is 0.101. The molecule has 3 amide bonds. The summed E-state index contributed by atoms with van der Waals surface area (Å²) in [5.74, 6) is -1.26. The third-order valence-electron chi connectivity index (χ3n) is 20.2. The van der Waals surface area contributed by atoms with Gasteiger partial charge < -0.3 is 39.3 Å². The molecule has 0 radical (unpaired) electrons. The first kappa shape index (κ1) is 55.4. The standard InChI is InChI=1S/C63H82N6O9Si/c1-8-60(74)39-43-38-59(4,54-46(25-30-67(40-43)41-60)45-20-13-14-21-49(45)65-54)47-37-48-50(36-42(47)3)66(5)56-62(48)27-31-68-29-17-26-61(9-2,55(62)68)57(63(56,75)58(73)76-6)78-79(7,44-18-11-10-12-19-44)35-16-15-22-51(70)64-28-33-77-34-32-69-52(71)23-24-53(69)72/h10-14,17-21,23-24,26,36-37,43,55-57,65,74-75H,8-9,15-16,22,25,27-35,38-41H2,1-7H3,(H,64,70)/t43?,55-,56+,57+,59+,60-,61+,62+,63-,79?/m0/s1. The van der Waals surface area contributed by atoms with Crippen LogP contribution in [0.3, 0.4) is 0 Å². The number of unbranched alkanes of at least 4 members (excludes halogenated alkanes) is 1. The van der Waals surface area contributed by atoms with Gasteiger partial charge in [0.05, 0.1) is 44.6 Å². The summed E-state index contributed by atoms with van der Waals surface area (Å²) in [5, 5.41) is 31.7. The number of nitrogens with zero attached hydrogens (tertiary/aromatic N) is 4. The highest BCUT2D eigenvalue weighted by atomic mass is 28.4. The van der Waals surface area contributed by atoms with Gasteiger partial charge in [0.15, 0.2) is 0 Å². The van der Waals surface area contributed by atoms with E-state index in [-0.39, 0.29) is 49.4 Å². The van der Waals surface area contributed by atoms with Crippen molar-refractivity contribution in [2.75, 3.05) is 78.1 Å². The molecule has 16 heteroatoms. The van der Waals surface area contributed by atoms with Crippen molar-refractivity contribution in [3.63, 3.8) is 0 Å². The summed E-state index contributed by atoms with van der Waals surface area (Å²) in [5.41, 5.74) is 3.35. The molecule has 422 valence electrons. The first-order valence-electron chi connectivity index (χ1n) is 29.2. The number of carbonyl (C=O) groups excluding carboxylic acids is 4. The molecule has 1 spiro atoms. The predicted octanol–water partition coefficient (Wildman–Crippen LogP) is 6.30. The number of rotatable bonds is 18. The van der Waals surface area contributed by atoms with Crippen LogP contribution in [0.2, 0.25) is 12.6 Å². The van der Waals surface area contributed by atoms with E-state index in [2.05, 4.69) is 127 Å². The minimum atomic E-state index is -3.11. The van der Waals surface area contributed by atoms with Crippen molar-refractivity contribution in [1.82, 2.24) is 25.0 Å². The number of ether oxygens (including phenoxy) is 2. The number of carbonyl (C=O) groups is 4. The maximum atomic E-state index is 15.4. The highest BCUT2D eigenvalue weighted by Gasteiger charge is 2.80. The topological polar surface area (TPSA) is 177 Å². The molecule has 6 aliphatic heterocycles. The van der Waals surface area contributed by atoms with Crippen LogP contribution >= 0.6 is 0 Å². The number of fused-ring (bicyclic) bond motifs is 6. The minimum Gasteiger partial charge on any atom is -0.467 e. The van der Waals surface area contributed by atoms with E-state index in [0.29, 0.717) is 51.2 Å². The second-order valence-corrected chi connectivity index (χ2v) is 28.5. The van der Waals surface area contributed by atoms with Gasteiger partial charge in [0.2, 0.25) is 19.8 Å². The molecular formula is C63H82N6O9Si. The Kier molecular flexibility index (Phi) is 14.8. The van der Waals surface area contributed by atoms with Crippen LogP contribution in [-0.4, -0.2) is 164 Å². The Morgan fingerprint density at radius 1 is 0.924 bits per heavy atom. The molecule has 15 nitrogen and oxygen atoms in total. The predicted molar refractivity (Wildman–Crippen MR) is 308 cm³/mol. The van der Waals surface area contributed by atoms with Crippen LogP contribution in [0.25, 0.3) is 10.9 Å². The number of likely N-dealkylation sites (N-methyl/N-ethyl adjacent to an activating group) is 1. The highest BCUT2D eigenvalue weighted by molar-refractivity contribution is 6.85. The molecule has 79 heavy (non-hydrogen) atoms. The smallest absolute Gasteiger partial charge is 0.342 e. The van der Waals surface area contributed by atoms with Crippen molar-refractivity contribution in [1.29, 1.82) is 0 Å². The van der Waals surface area contributed by atoms with E-state index in [0.717, 1.165) is 84.3 Å². The Morgan fingerprint density at radius 3 is 2.43 bits per heavy atom. The summed E-state index contributed by atoms with van der Waals surface area (Å²) in [4.78, 5) is 64.7. The molecule has 4 aromatic rings. The molecule has 11 atom stereocenters. The maximum Gasteiger partial charge on any atom is 0.342 e. The number of aryl methyl sites for hydroxylation is 1. The maximum absolute atomic E-state index is 15.4. The number of aromatic nitrogens is 1. The number of hydrogen-bond donors (Lipinski definition) is 4. The molecule has 1 aliphatic carbocycles. The number of aromatic amines is 1. The fourth-order valence-electron chi connectivity index (χ4n) is 16.7. The highest BCUT2D eigenvalue weighted by Crippen LogP contribution is 2.68. The molecule has 4 N–H and O–H groups in total. The van der Waals surface area contributed by atoms with Crippen molar-refractivity contribution in [2.45, 2.75) is 138 Å². The van der Waals surface area contributed by atoms with Gasteiger partial charge in [-0.1, -0.05) is 87.0 Å². The first-order valence-corrected chi connectivity index (χ1v) is 31.8. The van der Waals surface area contributed by atoms with Crippen LogP contribution in [0.4, 0.5) is 5.69 Å². The number of esters is 1. The molecule has 11 rings (SSSR count). The van der Waals surface area contributed by atoms with Gasteiger partial charge in [-0.25, -0.2) is 4.79 Å². The fourth-order valence-corrected chi connectivity index (χ4v) is 20.0. The molecule has 2 saturated heterocycles. The Bertz CT molecular complexity index is 3060. The number of H-pyrrole nitrogens is 1. The van der Waals surface area contributed by atoms with E-state index in [1.165, 1.54) is 41.5 Å². The quantitative estimate of drug-likeness (QED) is 0.0288. The van der Waals surface area contributed by atoms with E-state index in [1.807, 2.05) is 18.2 Å². The fraction of sp³-hybridized carbons (Fsp3) is 0.556. The van der Waals surface area contributed by atoms with Crippen molar-refractivity contribution < 1.29 is 43.3 Å². The van der Waals surface area contributed by atoms with Crippen LogP contribution in [0.1, 0.15) is 100 Å². The van der Waals surface area contributed by atoms with Gasteiger partial charge in [0, 0.05) is 103 Å². The SMILES string of the molecule is CC[C@]1(O)CC2CN(CCc3c([nH]c4ccccc34)[C@@](C)(c3cc4c(cc3C)N(C)[C@H]3[C@@](O)(C(=O)OC)[C@H](O[Si](C)(CCCCC(=O)NCCOCCN5C(=O)C=CC5=O)c5ccccc5)[C@]5(CC)C=CCN6CC[C@]43[C@@H]65)C2)C1. The number of amides is 3. The van der Waals surface area contributed by atoms with E-state index >= 15 is 4.79 Å². The first-order chi connectivity index (χ1) is 37.9. The molecule has 7 aliphatic rings. The lowest BCUT2D eigenvalue weighted by molar-refractivity contribution is -0.213. The Hall–Kier alpha value is -5.46. The summed E-state index contributed by atoms with van der Waals surface area (Å²) >= 11 is 0. The third kappa shape index (κ3) is 9.06. The number of nitrogens with one attached hydrogen (secondary N) is 2. The molecule has 7 heterocycles. The number of imide groups is 1. The van der Waals surface area contributed by atoms with Crippen molar-refractivity contribution >= 4 is 53.8 Å². The Morgan fingerprint density at radius 2 is 1.68 bits per heavy atom. The zero-order valence-corrected chi connectivity index (χ0v) is 48.4. The van der Waals surface area contributed by atoms with Gasteiger partial charge in [-0.05, 0) is 123 Å². The summed E-state index contributed by atoms with van der Waals surface area (Å²) in [6.07, 6.45) is 12.1. The molecule has 1 aromatic heterocycles. The molecule has 3 aromatic carbocycles. The summed E-state index contributed by atoms with van der Waals surface area (Å²) in [6.45, 7) is 16.1. The van der Waals surface area contributed by atoms with Crippen molar-refractivity contribution in [3.05, 3.63) is 119 Å². The number of hydrogen-bond acceptors (Lipinski definition) is 12. The number of aliphatic hydroxyl groups is 2. The molecule has 3 fully saturated rings. The number of anilines is 1. The van der Waals surface area contributed by atoms with Crippen LogP contribution in [0.15, 0.2) is 91.0 Å². The average Bonchev–Trinajstić information content (AvgIpc) is 2.30. The van der Waals surface area contributed by atoms with Crippen molar-refractivity contribution in [3.8, 4) is 0 Å².